The number of nitrogens with one attached hydrogen (secondary N) is 1. The summed E-state index contributed by atoms with van der Waals surface area (Å²) in [5, 5.41) is 4.41. The van der Waals surface area contributed by atoms with Crippen LogP contribution in [0.15, 0.2) is 42.5 Å². The molecule has 0 aliphatic rings. The molecule has 2 rings (SSSR count). The van der Waals surface area contributed by atoms with E-state index in [1.807, 2.05) is 43.3 Å². The molecule has 19 heavy (non-hydrogen) atoms. The van der Waals surface area contributed by atoms with Gasteiger partial charge in [-0.25, -0.2) is 0 Å². The summed E-state index contributed by atoms with van der Waals surface area (Å²) in [6, 6.07) is 13.5. The van der Waals surface area contributed by atoms with Crippen LogP contribution < -0.4 is 10.1 Å². The van der Waals surface area contributed by atoms with Gasteiger partial charge in [0.1, 0.15) is 5.75 Å². The smallest absolute Gasteiger partial charge is 0.119 e. The molecular weight excluding hydrogens is 281 g/mol. The highest BCUT2D eigenvalue weighted by Crippen LogP contribution is 2.25. The number of hydrogen-bond donors (Lipinski definition) is 1. The minimum Gasteiger partial charge on any atom is -0.494 e. The van der Waals surface area contributed by atoms with E-state index in [4.69, 9.17) is 27.9 Å². The molecular formula is C15H15Cl2NO. The normalized spacial score (nSPS) is 10.3. The Labute approximate surface area is 123 Å². The standard InChI is InChI=1S/C15H15Cl2NO/c1-2-19-13-5-3-4-11(8-13)10-18-12-6-7-14(16)15(17)9-12/h3-9,18H,2,10H2,1H3. The Hall–Kier alpha value is -1.38. The summed E-state index contributed by atoms with van der Waals surface area (Å²) >= 11 is 11.8. The van der Waals surface area contributed by atoms with Crippen molar-refractivity contribution in [2.24, 2.45) is 0 Å². The maximum absolute atomic E-state index is 5.97. The predicted molar refractivity (Wildman–Crippen MR) is 81.4 cm³/mol. The summed E-state index contributed by atoms with van der Waals surface area (Å²) in [7, 11) is 0. The van der Waals surface area contributed by atoms with E-state index >= 15 is 0 Å². The molecule has 0 bridgehead atoms. The van der Waals surface area contributed by atoms with E-state index in [0.717, 1.165) is 17.0 Å². The van der Waals surface area contributed by atoms with Gasteiger partial charge in [0.25, 0.3) is 0 Å². The molecule has 0 radical (unpaired) electrons. The minimum atomic E-state index is 0.551. The van der Waals surface area contributed by atoms with Crippen LogP contribution in [0.1, 0.15) is 12.5 Å². The molecule has 0 atom stereocenters. The zero-order valence-corrected chi connectivity index (χ0v) is 12.1. The van der Waals surface area contributed by atoms with Crippen LogP contribution in [0.5, 0.6) is 5.75 Å². The first kappa shape index (κ1) is 14.0. The Kier molecular flexibility index (Phi) is 4.94. The predicted octanol–water partition coefficient (Wildman–Crippen LogP) is 5.00. The van der Waals surface area contributed by atoms with Crippen molar-refractivity contribution in [1.29, 1.82) is 0 Å². The fraction of sp³-hybridized carbons (Fsp3) is 0.200. The molecule has 4 heteroatoms. The van der Waals surface area contributed by atoms with Gasteiger partial charge < -0.3 is 10.1 Å². The highest BCUT2D eigenvalue weighted by Gasteiger charge is 2.00. The zero-order valence-electron chi connectivity index (χ0n) is 10.6. The summed E-state index contributed by atoms with van der Waals surface area (Å²) in [4.78, 5) is 0. The molecule has 2 aromatic rings. The van der Waals surface area contributed by atoms with Gasteiger partial charge in [0.05, 0.1) is 16.7 Å². The van der Waals surface area contributed by atoms with Crippen molar-refractivity contribution in [3.05, 3.63) is 58.1 Å². The van der Waals surface area contributed by atoms with E-state index in [0.29, 0.717) is 23.2 Å². The molecule has 0 heterocycles. The van der Waals surface area contributed by atoms with Gasteiger partial charge in [-0.1, -0.05) is 35.3 Å². The molecule has 0 fully saturated rings. The summed E-state index contributed by atoms with van der Waals surface area (Å²) in [6.07, 6.45) is 0. The fourth-order valence-corrected chi connectivity index (χ4v) is 2.02. The fourth-order valence-electron chi connectivity index (χ4n) is 1.72. The van der Waals surface area contributed by atoms with Crippen molar-refractivity contribution in [2.75, 3.05) is 11.9 Å². The molecule has 0 saturated heterocycles. The molecule has 2 aromatic carbocycles. The lowest BCUT2D eigenvalue weighted by Gasteiger charge is -2.09. The largest absolute Gasteiger partial charge is 0.494 e. The van der Waals surface area contributed by atoms with E-state index in [1.165, 1.54) is 0 Å². The van der Waals surface area contributed by atoms with Crippen molar-refractivity contribution in [1.82, 2.24) is 0 Å². The van der Waals surface area contributed by atoms with Crippen LogP contribution in [-0.4, -0.2) is 6.61 Å². The van der Waals surface area contributed by atoms with Gasteiger partial charge in [-0.05, 0) is 42.8 Å². The molecule has 2 nitrogen and oxygen atoms in total. The number of rotatable bonds is 5. The summed E-state index contributed by atoms with van der Waals surface area (Å²) in [6.45, 7) is 3.35. The minimum absolute atomic E-state index is 0.551. The third kappa shape index (κ3) is 4.05. The molecule has 0 unspecified atom stereocenters. The van der Waals surface area contributed by atoms with Crippen molar-refractivity contribution in [2.45, 2.75) is 13.5 Å². The molecule has 0 saturated carbocycles. The first-order chi connectivity index (χ1) is 9.19. The molecule has 0 amide bonds. The summed E-state index contributed by atoms with van der Waals surface area (Å²) < 4.78 is 5.47. The highest BCUT2D eigenvalue weighted by atomic mass is 35.5. The quantitative estimate of drug-likeness (QED) is 0.838. The second-order valence-electron chi connectivity index (χ2n) is 4.06. The van der Waals surface area contributed by atoms with E-state index in [2.05, 4.69) is 5.32 Å². The SMILES string of the molecule is CCOc1cccc(CNc2ccc(Cl)c(Cl)c2)c1. The van der Waals surface area contributed by atoms with Crippen molar-refractivity contribution >= 4 is 28.9 Å². The number of anilines is 1. The third-order valence-electron chi connectivity index (χ3n) is 2.63. The third-order valence-corrected chi connectivity index (χ3v) is 3.36. The average Bonchev–Trinajstić information content (AvgIpc) is 2.41. The number of ether oxygens (including phenoxy) is 1. The Bertz CT molecular complexity index is 558. The first-order valence-corrected chi connectivity index (χ1v) is 6.85. The van der Waals surface area contributed by atoms with Crippen LogP contribution in [0.3, 0.4) is 0 Å². The van der Waals surface area contributed by atoms with Crippen molar-refractivity contribution in [3.8, 4) is 5.75 Å². The number of halogens is 2. The Morgan fingerprint density at radius 2 is 1.89 bits per heavy atom. The van der Waals surface area contributed by atoms with Crippen LogP contribution in [0.4, 0.5) is 5.69 Å². The highest BCUT2D eigenvalue weighted by molar-refractivity contribution is 6.42. The first-order valence-electron chi connectivity index (χ1n) is 6.09. The average molecular weight is 296 g/mol. The molecule has 0 aliphatic heterocycles. The van der Waals surface area contributed by atoms with Crippen molar-refractivity contribution in [3.63, 3.8) is 0 Å². The Morgan fingerprint density at radius 1 is 1.05 bits per heavy atom. The van der Waals surface area contributed by atoms with Gasteiger partial charge in [-0.15, -0.1) is 0 Å². The van der Waals surface area contributed by atoms with Crippen LogP contribution >= 0.6 is 23.2 Å². The summed E-state index contributed by atoms with van der Waals surface area (Å²) in [5.74, 6) is 0.885. The molecule has 100 valence electrons. The summed E-state index contributed by atoms with van der Waals surface area (Å²) in [5.41, 5.74) is 2.09. The lowest BCUT2D eigenvalue weighted by molar-refractivity contribution is 0.340. The Morgan fingerprint density at radius 3 is 2.63 bits per heavy atom. The van der Waals surface area contributed by atoms with Gasteiger partial charge in [0.15, 0.2) is 0 Å². The molecule has 1 N–H and O–H groups in total. The maximum atomic E-state index is 5.97. The second-order valence-corrected chi connectivity index (χ2v) is 4.88. The lowest BCUT2D eigenvalue weighted by Crippen LogP contribution is -2.00. The molecule has 0 spiro atoms. The monoisotopic (exact) mass is 295 g/mol. The maximum Gasteiger partial charge on any atom is 0.119 e. The zero-order chi connectivity index (χ0) is 13.7. The van der Waals surface area contributed by atoms with Gasteiger partial charge in [-0.3, -0.25) is 0 Å². The van der Waals surface area contributed by atoms with E-state index in [1.54, 1.807) is 6.07 Å². The Balaban J connectivity index is 2.01. The van der Waals surface area contributed by atoms with E-state index in [9.17, 15) is 0 Å². The molecule has 0 aromatic heterocycles. The van der Waals surface area contributed by atoms with Gasteiger partial charge >= 0.3 is 0 Å². The van der Waals surface area contributed by atoms with Crippen LogP contribution in [0.25, 0.3) is 0 Å². The second kappa shape index (κ2) is 6.69. The lowest BCUT2D eigenvalue weighted by atomic mass is 10.2. The number of hydrogen-bond acceptors (Lipinski definition) is 2. The molecule has 0 aliphatic carbocycles. The van der Waals surface area contributed by atoms with E-state index in [-0.39, 0.29) is 0 Å². The van der Waals surface area contributed by atoms with Gasteiger partial charge in [0, 0.05) is 12.2 Å². The van der Waals surface area contributed by atoms with Crippen LogP contribution in [-0.2, 0) is 6.54 Å². The van der Waals surface area contributed by atoms with Gasteiger partial charge in [-0.2, -0.15) is 0 Å². The van der Waals surface area contributed by atoms with Gasteiger partial charge in [0.2, 0.25) is 0 Å². The van der Waals surface area contributed by atoms with Crippen molar-refractivity contribution < 1.29 is 4.74 Å². The van der Waals surface area contributed by atoms with Crippen LogP contribution in [0.2, 0.25) is 10.0 Å². The van der Waals surface area contributed by atoms with E-state index < -0.39 is 0 Å². The topological polar surface area (TPSA) is 21.3 Å². The van der Waals surface area contributed by atoms with Crippen LogP contribution in [0, 0.1) is 0 Å². The number of benzene rings is 2.